The summed E-state index contributed by atoms with van der Waals surface area (Å²) in [7, 11) is 0. The molecule has 0 saturated carbocycles. The Balaban J connectivity index is 1.84. The van der Waals surface area contributed by atoms with Gasteiger partial charge in [0, 0.05) is 11.1 Å². The van der Waals surface area contributed by atoms with Gasteiger partial charge in [-0.1, -0.05) is 5.10 Å². The molecular weight excluding hydrogens is 454 g/mol. The molecule has 0 atom stereocenters. The predicted molar refractivity (Wildman–Crippen MR) is 130 cm³/mol. The lowest BCUT2D eigenvalue weighted by Crippen LogP contribution is -2.13. The van der Waals surface area contributed by atoms with Crippen molar-refractivity contribution in [2.45, 2.75) is 34.6 Å². The number of hydrogen-bond acceptors (Lipinski definition) is 9. The van der Waals surface area contributed by atoms with Crippen LogP contribution in [0.25, 0.3) is 11.5 Å². The molecule has 1 N–H and O–H groups in total. The zero-order valence-electron chi connectivity index (χ0n) is 20.7. The van der Waals surface area contributed by atoms with E-state index in [9.17, 15) is 4.79 Å². The van der Waals surface area contributed by atoms with Crippen LogP contribution in [0.15, 0.2) is 34.7 Å². The number of hydrogen-bond donors (Lipinski definition) is 1. The molecule has 3 rings (SSSR count). The number of anilines is 1. The van der Waals surface area contributed by atoms with Crippen LogP contribution in [0.3, 0.4) is 0 Å². The van der Waals surface area contributed by atoms with Crippen LogP contribution < -0.4 is 29.0 Å². The van der Waals surface area contributed by atoms with E-state index in [4.69, 9.17) is 28.1 Å². The van der Waals surface area contributed by atoms with Gasteiger partial charge in [-0.15, -0.1) is 5.10 Å². The molecule has 0 aliphatic heterocycles. The Morgan fingerprint density at radius 3 is 1.91 bits per heavy atom. The molecule has 0 spiro atoms. The third-order valence-corrected chi connectivity index (χ3v) is 4.61. The highest BCUT2D eigenvalue weighted by atomic mass is 16.5. The monoisotopic (exact) mass is 485 g/mol. The van der Waals surface area contributed by atoms with Crippen LogP contribution in [-0.2, 0) is 0 Å². The van der Waals surface area contributed by atoms with Gasteiger partial charge in [0.05, 0.1) is 33.0 Å². The van der Waals surface area contributed by atoms with Crippen molar-refractivity contribution >= 4 is 11.9 Å². The Morgan fingerprint density at radius 1 is 0.743 bits per heavy atom. The molecule has 1 aromatic heterocycles. The van der Waals surface area contributed by atoms with Gasteiger partial charge in [0.15, 0.2) is 23.0 Å². The summed E-state index contributed by atoms with van der Waals surface area (Å²) in [5.74, 6) is 2.22. The molecule has 0 aliphatic rings. The molecule has 10 nitrogen and oxygen atoms in total. The van der Waals surface area contributed by atoms with E-state index in [2.05, 4.69) is 15.5 Å². The highest BCUT2D eigenvalue weighted by Crippen LogP contribution is 2.39. The average Bonchev–Trinajstić information content (AvgIpc) is 3.31. The first-order chi connectivity index (χ1) is 17.0. The normalized spacial score (nSPS) is 10.5. The maximum Gasteiger partial charge on any atom is 0.322 e. The molecule has 3 aromatic rings. The second-order valence-corrected chi connectivity index (χ2v) is 6.99. The number of amides is 1. The molecular formula is C25H31N3O7. The van der Waals surface area contributed by atoms with E-state index in [0.29, 0.717) is 72.9 Å². The lowest BCUT2D eigenvalue weighted by molar-refractivity contribution is 0.102. The summed E-state index contributed by atoms with van der Waals surface area (Å²) in [6, 6.07) is 8.43. The van der Waals surface area contributed by atoms with Gasteiger partial charge in [-0.05, 0) is 65.0 Å². The Morgan fingerprint density at radius 2 is 1.31 bits per heavy atom. The Bertz CT molecular complexity index is 1100. The van der Waals surface area contributed by atoms with Crippen molar-refractivity contribution in [1.29, 1.82) is 0 Å². The summed E-state index contributed by atoms with van der Waals surface area (Å²) in [6.45, 7) is 11.6. The van der Waals surface area contributed by atoms with Crippen molar-refractivity contribution < 1.29 is 32.9 Å². The molecule has 10 heteroatoms. The average molecular weight is 486 g/mol. The Labute approximate surface area is 204 Å². The summed E-state index contributed by atoms with van der Waals surface area (Å²) >= 11 is 0. The minimum absolute atomic E-state index is 0.0540. The molecule has 0 aliphatic carbocycles. The van der Waals surface area contributed by atoms with E-state index in [1.165, 1.54) is 0 Å². The summed E-state index contributed by atoms with van der Waals surface area (Å²) in [6.07, 6.45) is 0. The molecule has 0 unspecified atom stereocenters. The molecule has 2 aromatic carbocycles. The molecule has 1 heterocycles. The number of carbonyl (C=O) groups is 1. The zero-order chi connectivity index (χ0) is 25.2. The second-order valence-electron chi connectivity index (χ2n) is 6.99. The predicted octanol–water partition coefficient (Wildman–Crippen LogP) is 4.98. The van der Waals surface area contributed by atoms with Crippen molar-refractivity contribution in [1.82, 2.24) is 10.2 Å². The number of carbonyl (C=O) groups excluding carboxylic acids is 1. The van der Waals surface area contributed by atoms with Gasteiger partial charge in [0.1, 0.15) is 0 Å². The van der Waals surface area contributed by atoms with E-state index < -0.39 is 5.91 Å². The van der Waals surface area contributed by atoms with Crippen LogP contribution >= 0.6 is 0 Å². The van der Waals surface area contributed by atoms with Crippen LogP contribution in [0.1, 0.15) is 45.0 Å². The minimum Gasteiger partial charge on any atom is -0.490 e. The van der Waals surface area contributed by atoms with Crippen molar-refractivity contribution in [3.05, 3.63) is 35.9 Å². The molecule has 35 heavy (non-hydrogen) atoms. The van der Waals surface area contributed by atoms with Gasteiger partial charge in [-0.25, -0.2) is 0 Å². The number of ether oxygens (including phenoxy) is 5. The van der Waals surface area contributed by atoms with Crippen LogP contribution in [-0.4, -0.2) is 49.1 Å². The van der Waals surface area contributed by atoms with Gasteiger partial charge in [-0.2, -0.15) is 0 Å². The molecule has 0 saturated heterocycles. The van der Waals surface area contributed by atoms with Crippen LogP contribution in [0.4, 0.5) is 6.01 Å². The topological polar surface area (TPSA) is 114 Å². The molecule has 0 radical (unpaired) electrons. The maximum absolute atomic E-state index is 13.0. The van der Waals surface area contributed by atoms with Crippen molar-refractivity contribution in [3.63, 3.8) is 0 Å². The van der Waals surface area contributed by atoms with E-state index >= 15 is 0 Å². The standard InChI is InChI=1S/C25H31N3O7/c1-6-30-18-12-11-16(13-19(18)31-7-2)24-27-28-25(35-24)26-23(29)17-14-20(32-8-3)22(34-10-5)21(15-17)33-9-4/h11-15H,6-10H2,1-5H3,(H,26,28,29). The lowest BCUT2D eigenvalue weighted by Gasteiger charge is -2.16. The van der Waals surface area contributed by atoms with Crippen molar-refractivity contribution in [2.24, 2.45) is 0 Å². The number of nitrogens with one attached hydrogen (secondary N) is 1. The van der Waals surface area contributed by atoms with E-state index in [1.54, 1.807) is 30.3 Å². The number of aromatic nitrogens is 2. The zero-order valence-corrected chi connectivity index (χ0v) is 20.7. The van der Waals surface area contributed by atoms with E-state index in [1.807, 2.05) is 34.6 Å². The minimum atomic E-state index is -0.466. The fourth-order valence-electron chi connectivity index (χ4n) is 3.26. The first-order valence-electron chi connectivity index (χ1n) is 11.7. The molecule has 0 bridgehead atoms. The molecule has 1 amide bonds. The highest BCUT2D eigenvalue weighted by Gasteiger charge is 2.20. The maximum atomic E-state index is 13.0. The first kappa shape index (κ1) is 25.7. The van der Waals surface area contributed by atoms with E-state index in [0.717, 1.165) is 0 Å². The van der Waals surface area contributed by atoms with Crippen LogP contribution in [0.5, 0.6) is 28.7 Å². The molecule has 188 valence electrons. The fraction of sp³-hybridized carbons (Fsp3) is 0.400. The largest absolute Gasteiger partial charge is 0.490 e. The summed E-state index contributed by atoms with van der Waals surface area (Å²) < 4.78 is 34.0. The molecule has 0 fully saturated rings. The summed E-state index contributed by atoms with van der Waals surface area (Å²) in [5.41, 5.74) is 0.919. The number of nitrogens with zero attached hydrogens (tertiary/aromatic N) is 2. The second kappa shape index (κ2) is 12.5. The third kappa shape index (κ3) is 6.34. The first-order valence-corrected chi connectivity index (χ1v) is 11.7. The number of rotatable bonds is 13. The Hall–Kier alpha value is -3.95. The van der Waals surface area contributed by atoms with E-state index in [-0.39, 0.29) is 11.9 Å². The van der Waals surface area contributed by atoms with Crippen molar-refractivity contribution in [3.8, 4) is 40.2 Å². The van der Waals surface area contributed by atoms with Gasteiger partial charge in [0.2, 0.25) is 11.6 Å². The third-order valence-electron chi connectivity index (χ3n) is 4.61. The summed E-state index contributed by atoms with van der Waals surface area (Å²) in [4.78, 5) is 13.0. The fourth-order valence-corrected chi connectivity index (χ4v) is 3.26. The van der Waals surface area contributed by atoms with Gasteiger partial charge in [-0.3, -0.25) is 10.1 Å². The van der Waals surface area contributed by atoms with Crippen LogP contribution in [0.2, 0.25) is 0 Å². The summed E-state index contributed by atoms with van der Waals surface area (Å²) in [5, 5.41) is 10.6. The van der Waals surface area contributed by atoms with Gasteiger partial charge >= 0.3 is 6.01 Å². The van der Waals surface area contributed by atoms with Crippen molar-refractivity contribution in [2.75, 3.05) is 38.4 Å². The SMILES string of the molecule is CCOc1ccc(-c2nnc(NC(=O)c3cc(OCC)c(OCC)c(OCC)c3)o2)cc1OCC. The quantitative estimate of drug-likeness (QED) is 0.358. The Kier molecular flexibility index (Phi) is 9.16. The lowest BCUT2D eigenvalue weighted by atomic mass is 10.1. The van der Waals surface area contributed by atoms with Crippen LogP contribution in [0, 0.1) is 0 Å². The highest BCUT2D eigenvalue weighted by molar-refractivity contribution is 6.04. The smallest absolute Gasteiger partial charge is 0.322 e. The van der Waals surface area contributed by atoms with Gasteiger partial charge < -0.3 is 28.1 Å². The van der Waals surface area contributed by atoms with Gasteiger partial charge in [0.25, 0.3) is 5.91 Å². The number of benzene rings is 2.